The van der Waals surface area contributed by atoms with E-state index >= 15 is 0 Å². The standard InChI is InChI=1S/C9H14N2O8/c12-1-2-3(13)4(14)8(19-2)11-7(17)5(15)6(16)10-9(11)18/h2-5,7-8,12-15,17H,1H2,(H,10,16,18)/t2-,3-,4+,5?,7?,8-/m1/s1. The highest BCUT2D eigenvalue weighted by Crippen LogP contribution is 2.27. The van der Waals surface area contributed by atoms with Crippen molar-refractivity contribution < 1.29 is 39.9 Å². The Labute approximate surface area is 106 Å². The Morgan fingerprint density at radius 3 is 2.32 bits per heavy atom. The molecule has 2 heterocycles. The number of aliphatic hydroxyl groups is 5. The lowest BCUT2D eigenvalue weighted by molar-refractivity contribution is -0.176. The van der Waals surface area contributed by atoms with Crippen LogP contribution in [0.4, 0.5) is 4.79 Å². The molecule has 2 saturated heterocycles. The first-order valence-electron chi connectivity index (χ1n) is 5.50. The highest BCUT2D eigenvalue weighted by molar-refractivity contribution is 5.99. The van der Waals surface area contributed by atoms with Crippen molar-refractivity contribution in [2.45, 2.75) is 36.9 Å². The molecule has 6 atom stereocenters. The number of amides is 3. The van der Waals surface area contributed by atoms with Gasteiger partial charge in [-0.1, -0.05) is 0 Å². The SMILES string of the molecule is O=C1NC(=O)N([C@@H]2O[C@H](CO)[C@@H](O)[C@@H]2O)C(O)C1O. The van der Waals surface area contributed by atoms with E-state index in [1.807, 2.05) is 0 Å². The summed E-state index contributed by atoms with van der Waals surface area (Å²) in [4.78, 5) is 23.2. The van der Waals surface area contributed by atoms with Crippen LogP contribution in [-0.4, -0.2) is 85.8 Å². The van der Waals surface area contributed by atoms with Gasteiger partial charge in [-0.3, -0.25) is 15.0 Å². The number of hydrogen-bond acceptors (Lipinski definition) is 8. The number of rotatable bonds is 2. The molecule has 2 fully saturated rings. The predicted molar refractivity (Wildman–Crippen MR) is 55.2 cm³/mol. The molecular weight excluding hydrogens is 264 g/mol. The highest BCUT2D eigenvalue weighted by Gasteiger charge is 2.52. The van der Waals surface area contributed by atoms with Crippen molar-refractivity contribution >= 4 is 11.9 Å². The topological polar surface area (TPSA) is 160 Å². The lowest BCUT2D eigenvalue weighted by Gasteiger charge is -2.38. The normalized spacial score (nSPS) is 43.5. The average Bonchev–Trinajstić information content (AvgIpc) is 2.64. The van der Waals surface area contributed by atoms with Crippen molar-refractivity contribution in [3.8, 4) is 0 Å². The Balaban J connectivity index is 2.21. The van der Waals surface area contributed by atoms with E-state index in [1.165, 1.54) is 0 Å². The molecule has 2 unspecified atom stereocenters. The van der Waals surface area contributed by atoms with E-state index in [2.05, 4.69) is 0 Å². The number of hydrogen-bond donors (Lipinski definition) is 6. The van der Waals surface area contributed by atoms with Gasteiger partial charge >= 0.3 is 6.03 Å². The number of ether oxygens (including phenoxy) is 1. The zero-order chi connectivity index (χ0) is 14.3. The minimum absolute atomic E-state index is 0.496. The number of urea groups is 1. The monoisotopic (exact) mass is 278 g/mol. The molecule has 6 N–H and O–H groups in total. The molecule has 19 heavy (non-hydrogen) atoms. The van der Waals surface area contributed by atoms with Crippen LogP contribution in [0, 0.1) is 0 Å². The fraction of sp³-hybridized carbons (Fsp3) is 0.778. The Bertz CT molecular complexity index is 390. The van der Waals surface area contributed by atoms with Crippen LogP contribution in [-0.2, 0) is 9.53 Å². The summed E-state index contributed by atoms with van der Waals surface area (Å²) in [5.74, 6) is -1.08. The minimum atomic E-state index is -1.93. The van der Waals surface area contributed by atoms with Crippen LogP contribution in [0.25, 0.3) is 0 Å². The summed E-state index contributed by atoms with van der Waals surface area (Å²) in [5.41, 5.74) is 0. The smallest absolute Gasteiger partial charge is 0.328 e. The van der Waals surface area contributed by atoms with Crippen LogP contribution in [0.2, 0.25) is 0 Å². The number of carbonyl (C=O) groups excluding carboxylic acids is 2. The van der Waals surface area contributed by atoms with Crippen LogP contribution in [0.1, 0.15) is 0 Å². The molecule has 3 amide bonds. The van der Waals surface area contributed by atoms with Crippen molar-refractivity contribution in [3.05, 3.63) is 0 Å². The third-order valence-electron chi connectivity index (χ3n) is 3.09. The van der Waals surface area contributed by atoms with E-state index in [1.54, 1.807) is 5.32 Å². The van der Waals surface area contributed by atoms with Gasteiger partial charge in [-0.25, -0.2) is 4.79 Å². The Hall–Kier alpha value is -1.30. The molecule has 0 radical (unpaired) electrons. The Morgan fingerprint density at radius 1 is 1.16 bits per heavy atom. The van der Waals surface area contributed by atoms with Gasteiger partial charge in [0.25, 0.3) is 5.91 Å². The van der Waals surface area contributed by atoms with E-state index in [0.717, 1.165) is 0 Å². The minimum Gasteiger partial charge on any atom is -0.394 e. The van der Waals surface area contributed by atoms with E-state index in [0.29, 0.717) is 4.90 Å². The molecule has 0 aromatic heterocycles. The summed E-state index contributed by atoms with van der Waals surface area (Å²) in [6.45, 7) is -0.609. The molecule has 0 aromatic rings. The van der Waals surface area contributed by atoms with Gasteiger partial charge in [0.15, 0.2) is 18.6 Å². The zero-order valence-corrected chi connectivity index (χ0v) is 9.58. The lowest BCUT2D eigenvalue weighted by Crippen LogP contribution is -2.67. The van der Waals surface area contributed by atoms with Gasteiger partial charge in [0.1, 0.15) is 18.3 Å². The van der Waals surface area contributed by atoms with E-state index in [9.17, 15) is 30.0 Å². The molecule has 0 spiro atoms. The van der Waals surface area contributed by atoms with Crippen LogP contribution < -0.4 is 5.32 Å². The van der Waals surface area contributed by atoms with E-state index in [4.69, 9.17) is 9.84 Å². The molecule has 0 aromatic carbocycles. The third kappa shape index (κ3) is 2.18. The van der Waals surface area contributed by atoms with Gasteiger partial charge in [-0.15, -0.1) is 0 Å². The molecule has 10 nitrogen and oxygen atoms in total. The molecule has 108 valence electrons. The van der Waals surface area contributed by atoms with Gasteiger partial charge in [0.05, 0.1) is 6.61 Å². The first-order chi connectivity index (χ1) is 8.88. The van der Waals surface area contributed by atoms with Crippen LogP contribution in [0.3, 0.4) is 0 Å². The second kappa shape index (κ2) is 5.00. The molecule has 0 aliphatic carbocycles. The quantitative estimate of drug-likeness (QED) is 0.295. The first-order valence-corrected chi connectivity index (χ1v) is 5.50. The summed E-state index contributed by atoms with van der Waals surface area (Å²) >= 11 is 0. The predicted octanol–water partition coefficient (Wildman–Crippen LogP) is -4.34. The number of aliphatic hydroxyl groups excluding tert-OH is 5. The van der Waals surface area contributed by atoms with Gasteiger partial charge in [0.2, 0.25) is 0 Å². The van der Waals surface area contributed by atoms with Gasteiger partial charge in [-0.2, -0.15) is 0 Å². The fourth-order valence-corrected chi connectivity index (χ4v) is 2.03. The maximum absolute atomic E-state index is 11.6. The molecule has 10 heteroatoms. The van der Waals surface area contributed by atoms with Crippen LogP contribution in [0.5, 0.6) is 0 Å². The van der Waals surface area contributed by atoms with Crippen molar-refractivity contribution in [1.29, 1.82) is 0 Å². The average molecular weight is 278 g/mol. The summed E-state index contributed by atoms with van der Waals surface area (Å²) < 4.78 is 5.03. The zero-order valence-electron chi connectivity index (χ0n) is 9.58. The second-order valence-electron chi connectivity index (χ2n) is 4.29. The van der Waals surface area contributed by atoms with Gasteiger partial charge in [-0.05, 0) is 0 Å². The van der Waals surface area contributed by atoms with Crippen molar-refractivity contribution in [3.63, 3.8) is 0 Å². The lowest BCUT2D eigenvalue weighted by atomic mass is 10.1. The number of imide groups is 1. The van der Waals surface area contributed by atoms with Crippen LogP contribution >= 0.6 is 0 Å². The van der Waals surface area contributed by atoms with E-state index < -0.39 is 55.4 Å². The first kappa shape index (κ1) is 14.1. The van der Waals surface area contributed by atoms with Crippen molar-refractivity contribution in [2.24, 2.45) is 0 Å². The van der Waals surface area contributed by atoms with Crippen molar-refractivity contribution in [1.82, 2.24) is 10.2 Å². The molecule has 0 saturated carbocycles. The third-order valence-corrected chi connectivity index (χ3v) is 3.09. The van der Waals surface area contributed by atoms with Gasteiger partial charge in [0, 0.05) is 0 Å². The van der Waals surface area contributed by atoms with E-state index in [-0.39, 0.29) is 0 Å². The second-order valence-corrected chi connectivity index (χ2v) is 4.29. The molecule has 0 bridgehead atoms. The summed E-state index contributed by atoms with van der Waals surface area (Å²) in [6.07, 6.45) is -9.54. The fourth-order valence-electron chi connectivity index (χ4n) is 2.03. The molecular formula is C9H14N2O8. The number of nitrogens with zero attached hydrogens (tertiary/aromatic N) is 1. The number of carbonyl (C=O) groups is 2. The molecule has 2 rings (SSSR count). The largest absolute Gasteiger partial charge is 0.394 e. The Kier molecular flexibility index (Phi) is 3.71. The summed E-state index contributed by atoms with van der Waals surface area (Å²) in [6, 6.07) is -1.09. The maximum atomic E-state index is 11.6. The summed E-state index contributed by atoms with van der Waals surface area (Å²) in [7, 11) is 0. The summed E-state index contributed by atoms with van der Waals surface area (Å²) in [5, 5.41) is 49.0. The van der Waals surface area contributed by atoms with Gasteiger partial charge < -0.3 is 30.3 Å². The molecule has 2 aliphatic heterocycles. The maximum Gasteiger partial charge on any atom is 0.328 e. The highest BCUT2D eigenvalue weighted by atomic mass is 16.6. The van der Waals surface area contributed by atoms with Crippen LogP contribution in [0.15, 0.2) is 0 Å². The molecule has 2 aliphatic rings. The number of nitrogens with one attached hydrogen (secondary N) is 1. The Morgan fingerprint density at radius 2 is 1.79 bits per heavy atom. The van der Waals surface area contributed by atoms with Crippen molar-refractivity contribution in [2.75, 3.05) is 6.61 Å².